The van der Waals surface area contributed by atoms with Crippen molar-refractivity contribution in [1.82, 2.24) is 9.13 Å². The van der Waals surface area contributed by atoms with Crippen molar-refractivity contribution < 1.29 is 0 Å². The van der Waals surface area contributed by atoms with Gasteiger partial charge in [0.2, 0.25) is 0 Å². The molecule has 4 nitrogen and oxygen atoms in total. The fourth-order valence-electron chi connectivity index (χ4n) is 10.6. The number of rotatable bonds is 10. The highest BCUT2D eigenvalue weighted by Gasteiger charge is 2.24. The molecule has 0 saturated carbocycles. The lowest BCUT2D eigenvalue weighted by molar-refractivity contribution is 1.17. The highest BCUT2D eigenvalue weighted by molar-refractivity contribution is 6.11. The summed E-state index contributed by atoms with van der Waals surface area (Å²) in [6.45, 7) is 0. The minimum Gasteiger partial charge on any atom is -0.311 e. The van der Waals surface area contributed by atoms with Gasteiger partial charge >= 0.3 is 0 Å². The molecule has 13 aromatic rings. The first-order valence-electron chi connectivity index (χ1n) is 23.9. The number of hydrogen-bond acceptors (Lipinski definition) is 2. The van der Waals surface area contributed by atoms with Gasteiger partial charge in [-0.3, -0.25) is 0 Å². The van der Waals surface area contributed by atoms with Gasteiger partial charge in [-0.1, -0.05) is 170 Å². The standard InChI is InChI=1S/C66H46N4/c1-5-21-49(22-6-1)67(50-23-7-2-8-24-50)53-41-37-47(38-42-53)59-46-66(70-63-35-19-15-31-57(63)58-32-16-20-36-64(58)70)60(45-65(59)68(51-25-9-3-10-26-51)52-27-11-4-12-28-52)48-39-43-54(44-40-48)69-61-33-17-13-29-55(61)56-30-14-18-34-62(56)69/h1-46H. The highest BCUT2D eigenvalue weighted by Crippen LogP contribution is 2.48. The minimum absolute atomic E-state index is 1.07. The van der Waals surface area contributed by atoms with Crippen LogP contribution in [0.15, 0.2) is 279 Å². The summed E-state index contributed by atoms with van der Waals surface area (Å²) in [5.74, 6) is 0. The number of fused-ring (bicyclic) bond motifs is 6. The van der Waals surface area contributed by atoms with E-state index in [1.54, 1.807) is 0 Å². The molecule has 330 valence electrons. The van der Waals surface area contributed by atoms with Gasteiger partial charge in [-0.2, -0.15) is 0 Å². The number of anilines is 6. The third kappa shape index (κ3) is 7.01. The van der Waals surface area contributed by atoms with Gasteiger partial charge in [-0.05, 0) is 120 Å². The summed E-state index contributed by atoms with van der Waals surface area (Å²) in [7, 11) is 0. The van der Waals surface area contributed by atoms with E-state index in [1.165, 1.54) is 32.6 Å². The second kappa shape index (κ2) is 17.4. The molecule has 0 amide bonds. The van der Waals surface area contributed by atoms with Crippen molar-refractivity contribution in [1.29, 1.82) is 0 Å². The molecule has 0 aliphatic heterocycles. The largest absolute Gasteiger partial charge is 0.311 e. The van der Waals surface area contributed by atoms with Crippen LogP contribution >= 0.6 is 0 Å². The van der Waals surface area contributed by atoms with Crippen LogP contribution in [0.1, 0.15) is 0 Å². The molecule has 0 fully saturated rings. The Hall–Kier alpha value is -9.38. The SMILES string of the molecule is c1ccc(N(c2ccccc2)c2ccc(-c3cc(-n4c5ccccc5c5ccccc54)c(-c4ccc(-n5c6ccccc6c6ccccc65)cc4)cc3N(c3ccccc3)c3ccccc3)cc2)cc1. The predicted molar refractivity (Wildman–Crippen MR) is 295 cm³/mol. The van der Waals surface area contributed by atoms with Crippen LogP contribution in [0.2, 0.25) is 0 Å². The number of hydrogen-bond donors (Lipinski definition) is 0. The maximum absolute atomic E-state index is 2.48. The van der Waals surface area contributed by atoms with Crippen molar-refractivity contribution in [3.8, 4) is 33.6 Å². The van der Waals surface area contributed by atoms with Crippen LogP contribution in [0.5, 0.6) is 0 Å². The van der Waals surface area contributed by atoms with E-state index in [1.807, 2.05) is 0 Å². The van der Waals surface area contributed by atoms with Crippen molar-refractivity contribution in [2.24, 2.45) is 0 Å². The predicted octanol–water partition coefficient (Wildman–Crippen LogP) is 18.2. The topological polar surface area (TPSA) is 16.3 Å². The Morgan fingerprint density at radius 3 is 1.00 bits per heavy atom. The molecule has 0 aliphatic carbocycles. The normalized spacial score (nSPS) is 11.4. The molecular weight excluding hydrogens is 849 g/mol. The smallest absolute Gasteiger partial charge is 0.0548 e. The van der Waals surface area contributed by atoms with E-state index < -0.39 is 0 Å². The summed E-state index contributed by atoms with van der Waals surface area (Å²) >= 11 is 0. The molecule has 70 heavy (non-hydrogen) atoms. The highest BCUT2D eigenvalue weighted by atomic mass is 15.2. The lowest BCUT2D eigenvalue weighted by Gasteiger charge is -2.30. The number of benzene rings is 11. The molecule has 0 saturated heterocycles. The lowest BCUT2D eigenvalue weighted by Crippen LogP contribution is -2.12. The van der Waals surface area contributed by atoms with Crippen LogP contribution in [-0.2, 0) is 0 Å². The second-order valence-corrected chi connectivity index (χ2v) is 17.7. The van der Waals surface area contributed by atoms with Crippen molar-refractivity contribution in [3.05, 3.63) is 279 Å². The molecular formula is C66H46N4. The van der Waals surface area contributed by atoms with E-state index >= 15 is 0 Å². The lowest BCUT2D eigenvalue weighted by atomic mass is 9.94. The molecule has 0 atom stereocenters. The molecule has 13 rings (SSSR count). The van der Waals surface area contributed by atoms with Gasteiger partial charge in [0.15, 0.2) is 0 Å². The summed E-state index contributed by atoms with van der Waals surface area (Å²) in [6.07, 6.45) is 0. The summed E-state index contributed by atoms with van der Waals surface area (Å²) in [5.41, 5.74) is 17.8. The molecule has 2 aromatic heterocycles. The van der Waals surface area contributed by atoms with Gasteiger partial charge in [-0.15, -0.1) is 0 Å². The van der Waals surface area contributed by atoms with E-state index in [4.69, 9.17) is 0 Å². The Labute approximate surface area is 407 Å². The molecule has 4 heteroatoms. The first-order chi connectivity index (χ1) is 34.8. The second-order valence-electron chi connectivity index (χ2n) is 17.7. The number of nitrogens with zero attached hydrogens (tertiary/aromatic N) is 4. The monoisotopic (exact) mass is 894 g/mol. The van der Waals surface area contributed by atoms with Crippen molar-refractivity contribution in [2.75, 3.05) is 9.80 Å². The zero-order valence-corrected chi connectivity index (χ0v) is 38.3. The van der Waals surface area contributed by atoms with Gasteiger partial charge in [-0.25, -0.2) is 0 Å². The van der Waals surface area contributed by atoms with Gasteiger partial charge in [0, 0.05) is 66.8 Å². The fraction of sp³-hybridized carbons (Fsp3) is 0. The van der Waals surface area contributed by atoms with E-state index in [-0.39, 0.29) is 0 Å². The van der Waals surface area contributed by atoms with Crippen molar-refractivity contribution in [3.63, 3.8) is 0 Å². The molecule has 0 aliphatic rings. The minimum atomic E-state index is 1.07. The quantitative estimate of drug-likeness (QED) is 0.136. The average Bonchev–Trinajstić information content (AvgIpc) is 3.95. The zero-order valence-electron chi connectivity index (χ0n) is 38.3. The Bertz CT molecular complexity index is 3790. The van der Waals surface area contributed by atoms with E-state index in [9.17, 15) is 0 Å². The molecule has 0 radical (unpaired) electrons. The van der Waals surface area contributed by atoms with Crippen molar-refractivity contribution in [2.45, 2.75) is 0 Å². The number of aromatic nitrogens is 2. The Morgan fingerprint density at radius 1 is 0.243 bits per heavy atom. The third-order valence-electron chi connectivity index (χ3n) is 13.7. The zero-order chi connectivity index (χ0) is 46.4. The molecule has 0 spiro atoms. The molecule has 2 heterocycles. The maximum atomic E-state index is 2.48. The number of para-hydroxylation sites is 8. The van der Waals surface area contributed by atoms with E-state index in [2.05, 4.69) is 298 Å². The Kier molecular flexibility index (Phi) is 10.1. The summed E-state index contributed by atoms with van der Waals surface area (Å²) in [5, 5.41) is 4.94. The molecule has 11 aromatic carbocycles. The fourth-order valence-corrected chi connectivity index (χ4v) is 10.6. The first kappa shape index (κ1) is 40.9. The Balaban J connectivity index is 1.08. The van der Waals surface area contributed by atoms with Crippen LogP contribution in [0.3, 0.4) is 0 Å². The molecule has 0 N–H and O–H groups in total. The Morgan fingerprint density at radius 2 is 0.571 bits per heavy atom. The summed E-state index contributed by atoms with van der Waals surface area (Å²) in [6, 6.07) is 101. The first-order valence-corrected chi connectivity index (χ1v) is 23.9. The third-order valence-corrected chi connectivity index (χ3v) is 13.7. The summed E-state index contributed by atoms with van der Waals surface area (Å²) < 4.78 is 4.87. The summed E-state index contributed by atoms with van der Waals surface area (Å²) in [4.78, 5) is 4.73. The molecule has 0 unspecified atom stereocenters. The van der Waals surface area contributed by atoms with Gasteiger partial charge in [0.05, 0.1) is 33.4 Å². The van der Waals surface area contributed by atoms with Crippen LogP contribution < -0.4 is 9.80 Å². The van der Waals surface area contributed by atoms with Gasteiger partial charge in [0.1, 0.15) is 0 Å². The van der Waals surface area contributed by atoms with Gasteiger partial charge in [0.25, 0.3) is 0 Å². The van der Waals surface area contributed by atoms with Crippen LogP contribution in [0.25, 0.3) is 77.2 Å². The van der Waals surface area contributed by atoms with E-state index in [0.29, 0.717) is 0 Å². The van der Waals surface area contributed by atoms with Crippen molar-refractivity contribution >= 4 is 77.7 Å². The van der Waals surface area contributed by atoms with Crippen LogP contribution in [0, 0.1) is 0 Å². The average molecular weight is 895 g/mol. The van der Waals surface area contributed by atoms with Crippen LogP contribution in [-0.4, -0.2) is 9.13 Å². The van der Waals surface area contributed by atoms with E-state index in [0.717, 1.165) is 78.8 Å². The maximum Gasteiger partial charge on any atom is 0.0548 e. The molecule has 0 bridgehead atoms. The van der Waals surface area contributed by atoms with Gasteiger partial charge < -0.3 is 18.9 Å². The van der Waals surface area contributed by atoms with Crippen LogP contribution in [0.4, 0.5) is 34.1 Å².